The number of sulfonamides is 1. The number of carbonyl (C=O) groups excluding carboxylic acids is 1. The summed E-state index contributed by atoms with van der Waals surface area (Å²) in [6.07, 6.45) is 4.26. The Morgan fingerprint density at radius 3 is 2.84 bits per heavy atom. The number of nitrogens with one attached hydrogen (secondary N) is 1. The highest BCUT2D eigenvalue weighted by atomic mass is 32.2. The van der Waals surface area contributed by atoms with E-state index in [4.69, 9.17) is 0 Å². The summed E-state index contributed by atoms with van der Waals surface area (Å²) < 4.78 is 27.7. The summed E-state index contributed by atoms with van der Waals surface area (Å²) in [5.41, 5.74) is 0.590. The third-order valence-corrected chi connectivity index (χ3v) is 4.35. The predicted octanol–water partition coefficient (Wildman–Crippen LogP) is 0.183. The topological polar surface area (TPSA) is 94.0 Å². The number of amides is 1. The first-order valence-electron chi connectivity index (χ1n) is 5.82. The van der Waals surface area contributed by atoms with Crippen molar-refractivity contribution in [2.75, 3.05) is 0 Å². The lowest BCUT2D eigenvalue weighted by molar-refractivity contribution is -0.120. The minimum Gasteiger partial charge on any atom is -0.274 e. The minimum atomic E-state index is -3.85. The molecule has 100 valence electrons. The van der Waals surface area contributed by atoms with Crippen LogP contribution in [0.15, 0.2) is 23.4 Å². The van der Waals surface area contributed by atoms with Gasteiger partial charge in [-0.25, -0.2) is 18.1 Å². The van der Waals surface area contributed by atoms with Crippen LogP contribution in [-0.4, -0.2) is 29.1 Å². The van der Waals surface area contributed by atoms with Gasteiger partial charge >= 0.3 is 0 Å². The van der Waals surface area contributed by atoms with Gasteiger partial charge in [-0.2, -0.15) is 5.10 Å². The van der Waals surface area contributed by atoms with E-state index in [0.29, 0.717) is 11.0 Å². The van der Waals surface area contributed by atoms with E-state index in [1.807, 2.05) is 0 Å². The van der Waals surface area contributed by atoms with E-state index in [1.165, 1.54) is 18.5 Å². The summed E-state index contributed by atoms with van der Waals surface area (Å²) in [5, 5.41) is 4.61. The van der Waals surface area contributed by atoms with Gasteiger partial charge in [-0.3, -0.25) is 9.48 Å². The van der Waals surface area contributed by atoms with Crippen molar-refractivity contribution in [3.8, 4) is 0 Å². The van der Waals surface area contributed by atoms with E-state index in [-0.39, 0.29) is 10.8 Å². The van der Waals surface area contributed by atoms with Crippen molar-refractivity contribution in [3.63, 3.8) is 0 Å². The maximum absolute atomic E-state index is 12.0. The van der Waals surface area contributed by atoms with Gasteiger partial charge in [0.2, 0.25) is 5.91 Å². The molecular weight excluding hydrogens is 268 g/mol. The first kappa shape index (κ1) is 12.1. The zero-order chi connectivity index (χ0) is 13.6. The molecule has 2 aromatic rings. The van der Waals surface area contributed by atoms with Crippen molar-refractivity contribution >= 4 is 27.0 Å². The zero-order valence-corrected chi connectivity index (χ0v) is 11.0. The van der Waals surface area contributed by atoms with Crippen LogP contribution in [0.3, 0.4) is 0 Å². The second-order valence-electron chi connectivity index (χ2n) is 4.60. The van der Waals surface area contributed by atoms with E-state index in [0.717, 1.165) is 12.8 Å². The maximum atomic E-state index is 12.0. The largest absolute Gasteiger partial charge is 0.274 e. The molecule has 0 aliphatic heterocycles. The first-order valence-corrected chi connectivity index (χ1v) is 7.30. The molecule has 1 saturated carbocycles. The molecule has 0 aromatic carbocycles. The molecule has 19 heavy (non-hydrogen) atoms. The maximum Gasteiger partial charge on any atom is 0.265 e. The lowest BCUT2D eigenvalue weighted by atomic mass is 10.4. The number of pyridine rings is 1. The molecule has 1 N–H and O–H groups in total. The van der Waals surface area contributed by atoms with Gasteiger partial charge in [-0.1, -0.05) is 0 Å². The van der Waals surface area contributed by atoms with Crippen LogP contribution in [0, 0.1) is 5.92 Å². The predicted molar refractivity (Wildman–Crippen MR) is 66.6 cm³/mol. The SMILES string of the molecule is Cn1ncc2cc(S(=O)(=O)NC(=O)C3CC3)cnc21. The van der Waals surface area contributed by atoms with E-state index < -0.39 is 15.9 Å². The van der Waals surface area contributed by atoms with Crippen LogP contribution in [-0.2, 0) is 21.9 Å². The van der Waals surface area contributed by atoms with Crippen LogP contribution in [0.2, 0.25) is 0 Å². The normalized spacial score (nSPS) is 15.6. The van der Waals surface area contributed by atoms with Crippen LogP contribution in [0.25, 0.3) is 11.0 Å². The molecule has 2 heterocycles. The molecule has 0 unspecified atom stereocenters. The summed E-state index contributed by atoms with van der Waals surface area (Å²) >= 11 is 0. The number of aromatic nitrogens is 3. The van der Waals surface area contributed by atoms with Crippen molar-refractivity contribution in [1.82, 2.24) is 19.5 Å². The molecule has 1 amide bonds. The minimum absolute atomic E-state index is 0.0259. The smallest absolute Gasteiger partial charge is 0.265 e. The van der Waals surface area contributed by atoms with Gasteiger partial charge in [0.15, 0.2) is 5.65 Å². The molecule has 0 saturated heterocycles. The second-order valence-corrected chi connectivity index (χ2v) is 6.28. The molecule has 0 radical (unpaired) electrons. The molecule has 0 spiro atoms. The third kappa shape index (κ3) is 2.19. The Morgan fingerprint density at radius 1 is 1.42 bits per heavy atom. The third-order valence-electron chi connectivity index (χ3n) is 3.04. The fourth-order valence-electron chi connectivity index (χ4n) is 1.79. The summed E-state index contributed by atoms with van der Waals surface area (Å²) in [7, 11) is -2.13. The fourth-order valence-corrected chi connectivity index (χ4v) is 2.81. The van der Waals surface area contributed by atoms with Crippen molar-refractivity contribution in [3.05, 3.63) is 18.5 Å². The fraction of sp³-hybridized carbons (Fsp3) is 0.364. The van der Waals surface area contributed by atoms with Crippen LogP contribution in [0.1, 0.15) is 12.8 Å². The molecule has 2 aromatic heterocycles. The summed E-state index contributed by atoms with van der Waals surface area (Å²) in [6.45, 7) is 0. The van der Waals surface area contributed by atoms with E-state index in [9.17, 15) is 13.2 Å². The summed E-state index contributed by atoms with van der Waals surface area (Å²) in [6, 6.07) is 1.46. The Hall–Kier alpha value is -1.96. The highest BCUT2D eigenvalue weighted by molar-refractivity contribution is 7.90. The molecule has 3 rings (SSSR count). The number of nitrogens with zero attached hydrogens (tertiary/aromatic N) is 3. The molecule has 0 bridgehead atoms. The zero-order valence-electron chi connectivity index (χ0n) is 10.2. The van der Waals surface area contributed by atoms with Crippen LogP contribution in [0.4, 0.5) is 0 Å². The highest BCUT2D eigenvalue weighted by Crippen LogP contribution is 2.29. The Kier molecular flexibility index (Phi) is 2.56. The Bertz CT molecular complexity index is 761. The van der Waals surface area contributed by atoms with E-state index >= 15 is 0 Å². The Balaban J connectivity index is 1.95. The van der Waals surface area contributed by atoms with Gasteiger partial charge in [0.05, 0.1) is 6.20 Å². The summed E-state index contributed by atoms with van der Waals surface area (Å²) in [5.74, 6) is -0.601. The van der Waals surface area contributed by atoms with Crippen molar-refractivity contribution in [2.45, 2.75) is 17.7 Å². The number of aryl methyl sites for hydroxylation is 1. The first-order chi connectivity index (χ1) is 8.97. The monoisotopic (exact) mass is 280 g/mol. The quantitative estimate of drug-likeness (QED) is 0.865. The molecule has 1 fully saturated rings. The second kappa shape index (κ2) is 4.02. The molecule has 7 nitrogen and oxygen atoms in total. The molecule has 0 atom stereocenters. The Morgan fingerprint density at radius 2 is 2.16 bits per heavy atom. The number of hydrogen-bond acceptors (Lipinski definition) is 5. The Labute approximate surface area is 109 Å². The number of hydrogen-bond donors (Lipinski definition) is 1. The molecule has 1 aliphatic rings. The van der Waals surface area contributed by atoms with Gasteiger partial charge in [0.25, 0.3) is 10.0 Å². The van der Waals surface area contributed by atoms with E-state index in [2.05, 4.69) is 14.8 Å². The standard InChI is InChI=1S/C11H12N4O3S/c1-15-10-8(5-13-15)4-9(6-12-10)19(17,18)14-11(16)7-2-3-7/h4-7H,2-3H2,1H3,(H,14,16). The lowest BCUT2D eigenvalue weighted by Crippen LogP contribution is -2.31. The van der Waals surface area contributed by atoms with Crippen LogP contribution in [0.5, 0.6) is 0 Å². The van der Waals surface area contributed by atoms with Crippen molar-refractivity contribution in [2.24, 2.45) is 13.0 Å². The van der Waals surface area contributed by atoms with Crippen LogP contribution >= 0.6 is 0 Å². The lowest BCUT2D eigenvalue weighted by Gasteiger charge is -2.05. The van der Waals surface area contributed by atoms with Gasteiger partial charge in [-0.05, 0) is 18.9 Å². The summed E-state index contributed by atoms with van der Waals surface area (Å²) in [4.78, 5) is 15.6. The van der Waals surface area contributed by atoms with Crippen LogP contribution < -0.4 is 4.72 Å². The van der Waals surface area contributed by atoms with Gasteiger partial charge in [0.1, 0.15) is 4.90 Å². The number of rotatable bonds is 3. The molecule has 1 aliphatic carbocycles. The van der Waals surface area contributed by atoms with Crippen molar-refractivity contribution in [1.29, 1.82) is 0 Å². The number of carbonyl (C=O) groups is 1. The average Bonchev–Trinajstić information content (AvgIpc) is 3.14. The molecule has 8 heteroatoms. The van der Waals surface area contributed by atoms with Crippen molar-refractivity contribution < 1.29 is 13.2 Å². The van der Waals surface area contributed by atoms with Gasteiger partial charge in [-0.15, -0.1) is 0 Å². The number of fused-ring (bicyclic) bond motifs is 1. The average molecular weight is 280 g/mol. The highest BCUT2D eigenvalue weighted by Gasteiger charge is 2.32. The van der Waals surface area contributed by atoms with Gasteiger partial charge in [0, 0.05) is 24.5 Å². The molecular formula is C11H12N4O3S. The van der Waals surface area contributed by atoms with Gasteiger partial charge < -0.3 is 0 Å². The van der Waals surface area contributed by atoms with E-state index in [1.54, 1.807) is 11.7 Å².